The van der Waals surface area contributed by atoms with Crippen molar-refractivity contribution in [2.75, 3.05) is 39.4 Å². The topological polar surface area (TPSA) is 77.9 Å². The van der Waals surface area contributed by atoms with Gasteiger partial charge in [0.2, 0.25) is 0 Å². The number of hydrogen-bond donors (Lipinski definition) is 2. The molecule has 0 aromatic carbocycles. The second kappa shape index (κ2) is 6.24. The summed E-state index contributed by atoms with van der Waals surface area (Å²) in [6.07, 6.45) is 10.1. The van der Waals surface area contributed by atoms with E-state index in [1.165, 1.54) is 5.57 Å². The highest BCUT2D eigenvalue weighted by Crippen LogP contribution is 2.57. The maximum absolute atomic E-state index is 5.40. The fourth-order valence-electron chi connectivity index (χ4n) is 4.10. The second-order valence-corrected chi connectivity index (χ2v) is 6.90. The zero-order valence-corrected chi connectivity index (χ0v) is 14.1. The lowest BCUT2D eigenvalue weighted by Gasteiger charge is -2.25. The molecule has 0 spiro atoms. The largest absolute Gasteiger partial charge is 0.379 e. The number of allylic oxidation sites excluding steroid dienone is 2. The quantitative estimate of drug-likeness (QED) is 0.856. The SMILES string of the molecule is C1=C[C@H]2C3C(c4cn[nH]c4)=CN=C(C(=NCCN4CCOCC4)N1)[C@H]32. The summed E-state index contributed by atoms with van der Waals surface area (Å²) in [5.74, 6) is 2.40. The van der Waals surface area contributed by atoms with Gasteiger partial charge in [-0.15, -0.1) is 0 Å². The lowest BCUT2D eigenvalue weighted by molar-refractivity contribution is 0.0394. The molecule has 130 valence electrons. The van der Waals surface area contributed by atoms with E-state index in [0.717, 1.165) is 56.5 Å². The minimum absolute atomic E-state index is 0.447. The van der Waals surface area contributed by atoms with Crippen LogP contribution in [0.1, 0.15) is 5.56 Å². The summed E-state index contributed by atoms with van der Waals surface area (Å²) in [6, 6.07) is 0. The van der Waals surface area contributed by atoms with Crippen molar-refractivity contribution in [1.29, 1.82) is 0 Å². The van der Waals surface area contributed by atoms with Crippen molar-refractivity contribution in [2.45, 2.75) is 0 Å². The Bertz CT molecular complexity index is 757. The minimum atomic E-state index is 0.447. The molecule has 0 amide bonds. The average molecular weight is 338 g/mol. The van der Waals surface area contributed by atoms with Crippen LogP contribution in [0, 0.1) is 17.8 Å². The number of aromatic amines is 1. The van der Waals surface area contributed by atoms with Gasteiger partial charge in [0.25, 0.3) is 0 Å². The summed E-state index contributed by atoms with van der Waals surface area (Å²) in [7, 11) is 0. The first-order valence-electron chi connectivity index (χ1n) is 8.97. The molecule has 0 radical (unpaired) electrons. The van der Waals surface area contributed by atoms with Crippen LogP contribution in [0.3, 0.4) is 0 Å². The molecule has 1 aromatic rings. The molecule has 3 aliphatic heterocycles. The number of aromatic nitrogens is 2. The van der Waals surface area contributed by atoms with Gasteiger partial charge in [-0.1, -0.05) is 6.08 Å². The van der Waals surface area contributed by atoms with Gasteiger partial charge in [-0.2, -0.15) is 5.10 Å². The molecule has 7 heteroatoms. The van der Waals surface area contributed by atoms with E-state index in [0.29, 0.717) is 17.8 Å². The van der Waals surface area contributed by atoms with Gasteiger partial charge in [-0.3, -0.25) is 20.0 Å². The Morgan fingerprint density at radius 3 is 3.04 bits per heavy atom. The highest BCUT2D eigenvalue weighted by atomic mass is 16.5. The van der Waals surface area contributed by atoms with Crippen molar-refractivity contribution in [3.63, 3.8) is 0 Å². The standard InChI is InChI=1S/C18H22N6O/c1-2-19-18(20-3-4-24-5-7-25-8-6-24)17-16-13(1)15(16)14(11-21-17)12-9-22-23-10-12/h1-2,9-11,13,15-16H,3-8H2,(H,19,20)(H,22,23)/t13-,15?,16-/m0/s1. The molecule has 1 aromatic heterocycles. The monoisotopic (exact) mass is 338 g/mol. The van der Waals surface area contributed by atoms with Crippen molar-refractivity contribution in [1.82, 2.24) is 20.4 Å². The van der Waals surface area contributed by atoms with Crippen molar-refractivity contribution in [3.05, 3.63) is 36.4 Å². The van der Waals surface area contributed by atoms with Gasteiger partial charge >= 0.3 is 0 Å². The number of hydrogen-bond acceptors (Lipinski definition) is 5. The van der Waals surface area contributed by atoms with Crippen molar-refractivity contribution in [3.8, 4) is 0 Å². The van der Waals surface area contributed by atoms with E-state index in [-0.39, 0.29) is 0 Å². The van der Waals surface area contributed by atoms with Crippen LogP contribution in [0.4, 0.5) is 0 Å². The van der Waals surface area contributed by atoms with Crippen LogP contribution in [-0.4, -0.2) is 66.0 Å². The van der Waals surface area contributed by atoms with Gasteiger partial charge in [0.15, 0.2) is 0 Å². The first-order chi connectivity index (χ1) is 12.4. The molecule has 2 fully saturated rings. The summed E-state index contributed by atoms with van der Waals surface area (Å²) >= 11 is 0. The number of nitrogens with zero attached hydrogens (tertiary/aromatic N) is 4. The Kier molecular flexibility index (Phi) is 3.75. The van der Waals surface area contributed by atoms with Crippen LogP contribution < -0.4 is 5.32 Å². The Balaban J connectivity index is 1.34. The van der Waals surface area contributed by atoms with Crippen molar-refractivity contribution < 1.29 is 4.74 Å². The second-order valence-electron chi connectivity index (χ2n) is 6.90. The molecule has 2 N–H and O–H groups in total. The first kappa shape index (κ1) is 15.0. The van der Waals surface area contributed by atoms with Crippen LogP contribution in [0.15, 0.2) is 40.9 Å². The van der Waals surface area contributed by atoms with E-state index in [1.807, 2.05) is 24.8 Å². The minimum Gasteiger partial charge on any atom is -0.379 e. The molecule has 3 atom stereocenters. The smallest absolute Gasteiger partial charge is 0.147 e. The van der Waals surface area contributed by atoms with Crippen molar-refractivity contribution in [2.24, 2.45) is 27.7 Å². The fourth-order valence-corrected chi connectivity index (χ4v) is 4.10. The summed E-state index contributed by atoms with van der Waals surface area (Å²) < 4.78 is 5.40. The Hall–Kier alpha value is -2.25. The lowest BCUT2D eigenvalue weighted by atomic mass is 10.00. The third-order valence-corrected chi connectivity index (χ3v) is 5.50. The third kappa shape index (κ3) is 2.73. The number of amidine groups is 1. The zero-order chi connectivity index (χ0) is 16.6. The Morgan fingerprint density at radius 1 is 1.28 bits per heavy atom. The van der Waals surface area contributed by atoms with E-state index < -0.39 is 0 Å². The van der Waals surface area contributed by atoms with Gasteiger partial charge in [-0.25, -0.2) is 0 Å². The van der Waals surface area contributed by atoms with Crippen LogP contribution in [-0.2, 0) is 4.74 Å². The Labute approximate surface area is 146 Å². The molecule has 1 unspecified atom stereocenters. The zero-order valence-electron chi connectivity index (χ0n) is 14.1. The number of aliphatic imine (C=N–C) groups is 2. The summed E-state index contributed by atoms with van der Waals surface area (Å²) in [5, 5.41) is 10.3. The summed E-state index contributed by atoms with van der Waals surface area (Å²) in [5.41, 5.74) is 3.54. The summed E-state index contributed by atoms with van der Waals surface area (Å²) in [4.78, 5) is 12.0. The van der Waals surface area contributed by atoms with E-state index >= 15 is 0 Å². The maximum Gasteiger partial charge on any atom is 0.147 e. The van der Waals surface area contributed by atoms with Crippen LogP contribution >= 0.6 is 0 Å². The van der Waals surface area contributed by atoms with Crippen LogP contribution in [0.2, 0.25) is 0 Å². The first-order valence-corrected chi connectivity index (χ1v) is 8.97. The van der Waals surface area contributed by atoms with Crippen LogP contribution in [0.5, 0.6) is 0 Å². The molecule has 25 heavy (non-hydrogen) atoms. The number of ether oxygens (including phenoxy) is 1. The van der Waals surface area contributed by atoms with Crippen LogP contribution in [0.25, 0.3) is 5.57 Å². The Morgan fingerprint density at radius 2 is 2.20 bits per heavy atom. The lowest BCUT2D eigenvalue weighted by Crippen LogP contribution is -2.38. The molecular weight excluding hydrogens is 316 g/mol. The van der Waals surface area contributed by atoms with Gasteiger partial charge in [0.05, 0.1) is 31.7 Å². The van der Waals surface area contributed by atoms with Crippen molar-refractivity contribution >= 4 is 17.1 Å². The third-order valence-electron chi connectivity index (χ3n) is 5.50. The number of fused-ring (bicyclic) bond motifs is 1. The highest BCUT2D eigenvalue weighted by Gasteiger charge is 2.56. The number of nitrogens with one attached hydrogen (secondary N) is 2. The predicted octanol–water partition coefficient (Wildman–Crippen LogP) is 0.915. The molecule has 1 aliphatic carbocycles. The highest BCUT2D eigenvalue weighted by molar-refractivity contribution is 6.44. The predicted molar refractivity (Wildman–Crippen MR) is 96.3 cm³/mol. The fraction of sp³-hybridized carbons (Fsp3) is 0.500. The van der Waals surface area contributed by atoms with E-state index in [9.17, 15) is 0 Å². The molecular formula is C18H22N6O. The summed E-state index contributed by atoms with van der Waals surface area (Å²) in [6.45, 7) is 5.43. The van der Waals surface area contributed by atoms with Gasteiger partial charge < -0.3 is 10.1 Å². The molecule has 4 aliphatic rings. The normalized spacial score (nSPS) is 32.5. The van der Waals surface area contributed by atoms with E-state index in [4.69, 9.17) is 14.7 Å². The van der Waals surface area contributed by atoms with Gasteiger partial charge in [0.1, 0.15) is 5.84 Å². The molecule has 5 rings (SSSR count). The van der Waals surface area contributed by atoms with Gasteiger partial charge in [0, 0.05) is 49.4 Å². The number of H-pyrrole nitrogens is 1. The molecule has 4 heterocycles. The van der Waals surface area contributed by atoms with Gasteiger partial charge in [-0.05, 0) is 17.7 Å². The van der Waals surface area contributed by atoms with E-state index in [2.05, 4.69) is 26.5 Å². The number of rotatable bonds is 4. The maximum atomic E-state index is 5.40. The van der Waals surface area contributed by atoms with E-state index in [1.54, 1.807) is 0 Å². The average Bonchev–Trinajstić information content (AvgIpc) is 3.17. The molecule has 0 bridgehead atoms. The number of morpholine rings is 1. The molecule has 7 nitrogen and oxygen atoms in total. The molecule has 1 saturated carbocycles. The molecule has 1 saturated heterocycles.